The second kappa shape index (κ2) is 5.28. The number of rotatable bonds is 2. The smallest absolute Gasteiger partial charge is 0.150 e. The standard InChI is InChI=1S/C13H15ClN4O/c1-10-13(17-6-8-19-9-7-17)18(16-15-10)12-4-2-11(14)3-5-12/h2-5,13H,1,6-9H2. The van der Waals surface area contributed by atoms with Crippen LogP contribution in [0.5, 0.6) is 0 Å². The summed E-state index contributed by atoms with van der Waals surface area (Å²) in [5.41, 5.74) is 1.72. The van der Waals surface area contributed by atoms with Gasteiger partial charge in [0.25, 0.3) is 0 Å². The number of anilines is 1. The predicted molar refractivity (Wildman–Crippen MR) is 74.1 cm³/mol. The van der Waals surface area contributed by atoms with Gasteiger partial charge in [0.2, 0.25) is 0 Å². The molecule has 1 aromatic carbocycles. The number of ether oxygens (including phenoxy) is 1. The number of hydrogen-bond acceptors (Lipinski definition) is 5. The normalized spacial score (nSPS) is 24.2. The first-order valence-electron chi connectivity index (χ1n) is 6.23. The van der Waals surface area contributed by atoms with E-state index in [0.717, 1.165) is 37.7 Å². The lowest BCUT2D eigenvalue weighted by atomic mass is 10.2. The minimum absolute atomic E-state index is 0.0231. The third-order valence-corrected chi connectivity index (χ3v) is 3.53. The first-order valence-corrected chi connectivity index (χ1v) is 6.60. The number of benzene rings is 1. The maximum Gasteiger partial charge on any atom is 0.150 e. The summed E-state index contributed by atoms with van der Waals surface area (Å²) in [4.78, 5) is 2.28. The Morgan fingerprint density at radius 3 is 2.58 bits per heavy atom. The molecular formula is C13H15ClN4O. The van der Waals surface area contributed by atoms with Crippen LogP contribution in [0.1, 0.15) is 0 Å². The highest BCUT2D eigenvalue weighted by molar-refractivity contribution is 6.30. The maximum absolute atomic E-state index is 5.92. The molecule has 0 aliphatic carbocycles. The molecule has 1 unspecified atom stereocenters. The van der Waals surface area contributed by atoms with Crippen molar-refractivity contribution in [3.05, 3.63) is 41.6 Å². The summed E-state index contributed by atoms with van der Waals surface area (Å²) in [7, 11) is 0. The Bertz CT molecular complexity index is 496. The summed E-state index contributed by atoms with van der Waals surface area (Å²) in [6, 6.07) is 7.58. The van der Waals surface area contributed by atoms with Crippen molar-refractivity contribution in [1.29, 1.82) is 0 Å². The zero-order chi connectivity index (χ0) is 13.2. The Balaban J connectivity index is 1.84. The predicted octanol–water partition coefficient (Wildman–Crippen LogP) is 2.70. The van der Waals surface area contributed by atoms with Crippen LogP contribution in [0, 0.1) is 0 Å². The van der Waals surface area contributed by atoms with Gasteiger partial charge in [0.05, 0.1) is 24.6 Å². The van der Waals surface area contributed by atoms with Crippen LogP contribution < -0.4 is 5.01 Å². The molecule has 0 aromatic heterocycles. The van der Waals surface area contributed by atoms with Crippen molar-refractivity contribution in [3.8, 4) is 0 Å². The van der Waals surface area contributed by atoms with Crippen molar-refractivity contribution in [2.24, 2.45) is 10.3 Å². The van der Waals surface area contributed by atoms with Gasteiger partial charge in [0.15, 0.2) is 6.17 Å². The summed E-state index contributed by atoms with van der Waals surface area (Å²) in [5.74, 6) is 0. The fraction of sp³-hybridized carbons (Fsp3) is 0.385. The van der Waals surface area contributed by atoms with Gasteiger partial charge in [0.1, 0.15) is 0 Å². The Kier molecular flexibility index (Phi) is 3.50. The van der Waals surface area contributed by atoms with Gasteiger partial charge in [-0.2, -0.15) is 0 Å². The highest BCUT2D eigenvalue weighted by Gasteiger charge is 2.33. The molecule has 0 bridgehead atoms. The fourth-order valence-electron chi connectivity index (χ4n) is 2.32. The van der Waals surface area contributed by atoms with E-state index in [9.17, 15) is 0 Å². The number of morpholine rings is 1. The molecule has 0 radical (unpaired) electrons. The molecule has 19 heavy (non-hydrogen) atoms. The third kappa shape index (κ3) is 2.49. The Morgan fingerprint density at radius 1 is 1.21 bits per heavy atom. The van der Waals surface area contributed by atoms with E-state index in [2.05, 4.69) is 21.8 Å². The summed E-state index contributed by atoms with van der Waals surface area (Å²) >= 11 is 5.92. The van der Waals surface area contributed by atoms with Crippen molar-refractivity contribution in [3.63, 3.8) is 0 Å². The minimum atomic E-state index is -0.0231. The van der Waals surface area contributed by atoms with E-state index in [1.807, 2.05) is 29.3 Å². The van der Waals surface area contributed by atoms with Crippen LogP contribution in [0.3, 0.4) is 0 Å². The largest absolute Gasteiger partial charge is 0.379 e. The first-order chi connectivity index (χ1) is 9.25. The lowest BCUT2D eigenvalue weighted by molar-refractivity contribution is 0.0247. The van der Waals surface area contributed by atoms with Crippen molar-refractivity contribution in [1.82, 2.24) is 4.90 Å². The fourth-order valence-corrected chi connectivity index (χ4v) is 2.45. The lowest BCUT2D eigenvalue weighted by Gasteiger charge is -2.35. The van der Waals surface area contributed by atoms with E-state index in [1.54, 1.807) is 0 Å². The van der Waals surface area contributed by atoms with Crippen molar-refractivity contribution in [2.75, 3.05) is 31.3 Å². The first kappa shape index (κ1) is 12.6. The van der Waals surface area contributed by atoms with Crippen LogP contribution in [0.4, 0.5) is 5.69 Å². The summed E-state index contributed by atoms with van der Waals surface area (Å²) in [6.07, 6.45) is -0.0231. The van der Waals surface area contributed by atoms with E-state index in [1.165, 1.54) is 0 Å². The van der Waals surface area contributed by atoms with E-state index in [-0.39, 0.29) is 6.17 Å². The van der Waals surface area contributed by atoms with Crippen LogP contribution in [-0.2, 0) is 4.74 Å². The molecule has 1 saturated heterocycles. The molecule has 0 spiro atoms. The van der Waals surface area contributed by atoms with Crippen LogP contribution in [-0.4, -0.2) is 37.4 Å². The molecule has 6 heteroatoms. The zero-order valence-electron chi connectivity index (χ0n) is 10.5. The molecule has 2 heterocycles. The molecule has 3 rings (SSSR count). The molecule has 2 aliphatic rings. The molecule has 5 nitrogen and oxygen atoms in total. The Morgan fingerprint density at radius 2 is 1.89 bits per heavy atom. The molecule has 0 amide bonds. The topological polar surface area (TPSA) is 40.4 Å². The van der Waals surface area contributed by atoms with Gasteiger partial charge < -0.3 is 4.74 Å². The minimum Gasteiger partial charge on any atom is -0.379 e. The van der Waals surface area contributed by atoms with Gasteiger partial charge in [-0.15, -0.1) is 5.11 Å². The third-order valence-electron chi connectivity index (χ3n) is 3.28. The second-order valence-electron chi connectivity index (χ2n) is 4.52. The molecule has 0 N–H and O–H groups in total. The van der Waals surface area contributed by atoms with E-state index < -0.39 is 0 Å². The summed E-state index contributed by atoms with van der Waals surface area (Å²) in [6.45, 7) is 7.18. The SMILES string of the molecule is C=C1N=NN(c2ccc(Cl)cc2)C1N1CCOCC1. The van der Waals surface area contributed by atoms with Crippen molar-refractivity contribution < 1.29 is 4.74 Å². The Hall–Kier alpha value is -1.43. The average molecular weight is 279 g/mol. The highest BCUT2D eigenvalue weighted by atomic mass is 35.5. The van der Waals surface area contributed by atoms with E-state index in [0.29, 0.717) is 5.02 Å². The number of hydrogen-bond donors (Lipinski definition) is 0. The number of nitrogens with zero attached hydrogens (tertiary/aromatic N) is 4. The summed E-state index contributed by atoms with van der Waals surface area (Å²) < 4.78 is 5.38. The lowest BCUT2D eigenvalue weighted by Crippen LogP contribution is -2.49. The monoisotopic (exact) mass is 278 g/mol. The van der Waals surface area contributed by atoms with Gasteiger partial charge in [-0.3, -0.25) is 4.90 Å². The van der Waals surface area contributed by atoms with Crippen LogP contribution in [0.25, 0.3) is 0 Å². The van der Waals surface area contributed by atoms with Crippen LogP contribution in [0.15, 0.2) is 46.9 Å². The van der Waals surface area contributed by atoms with Gasteiger partial charge in [-0.05, 0) is 24.3 Å². The van der Waals surface area contributed by atoms with Gasteiger partial charge in [-0.25, -0.2) is 5.01 Å². The van der Waals surface area contributed by atoms with Crippen molar-refractivity contribution in [2.45, 2.75) is 6.17 Å². The quantitative estimate of drug-likeness (QED) is 0.835. The van der Waals surface area contributed by atoms with Crippen LogP contribution >= 0.6 is 11.6 Å². The van der Waals surface area contributed by atoms with Gasteiger partial charge in [0, 0.05) is 18.1 Å². The molecule has 1 aromatic rings. The highest BCUT2D eigenvalue weighted by Crippen LogP contribution is 2.30. The van der Waals surface area contributed by atoms with E-state index in [4.69, 9.17) is 16.3 Å². The second-order valence-corrected chi connectivity index (χ2v) is 4.96. The van der Waals surface area contributed by atoms with Gasteiger partial charge in [-0.1, -0.05) is 23.4 Å². The molecule has 2 aliphatic heterocycles. The summed E-state index contributed by atoms with van der Waals surface area (Å²) in [5, 5.41) is 10.9. The van der Waals surface area contributed by atoms with E-state index >= 15 is 0 Å². The number of halogens is 1. The average Bonchev–Trinajstić information content (AvgIpc) is 2.82. The maximum atomic E-state index is 5.92. The van der Waals surface area contributed by atoms with Crippen LogP contribution in [0.2, 0.25) is 5.02 Å². The van der Waals surface area contributed by atoms with Crippen molar-refractivity contribution >= 4 is 17.3 Å². The molecule has 1 atom stereocenters. The molecular weight excluding hydrogens is 264 g/mol. The molecule has 1 fully saturated rings. The molecule has 0 saturated carbocycles. The Labute approximate surface area is 117 Å². The molecule has 100 valence electrons. The zero-order valence-corrected chi connectivity index (χ0v) is 11.3. The van der Waals surface area contributed by atoms with Gasteiger partial charge >= 0.3 is 0 Å².